The van der Waals surface area contributed by atoms with Crippen molar-refractivity contribution in [3.05, 3.63) is 28.0 Å². The molecule has 1 amide bonds. The standard InChI is InChI=1S/C11H16BrN3O/c1-5-15(6-7(2)3)11(16)10-9(12)8(4)13-14-10/h2,5-6H2,1,3-4H3,(H,13,14). The van der Waals surface area contributed by atoms with E-state index in [1.54, 1.807) is 4.90 Å². The molecule has 0 aromatic carbocycles. The first-order valence-corrected chi connectivity index (χ1v) is 5.90. The molecule has 1 aromatic rings. The van der Waals surface area contributed by atoms with E-state index in [1.165, 1.54) is 0 Å². The van der Waals surface area contributed by atoms with Crippen LogP contribution in [0.1, 0.15) is 30.0 Å². The molecule has 0 saturated heterocycles. The number of hydrogen-bond donors (Lipinski definition) is 1. The van der Waals surface area contributed by atoms with Crippen LogP contribution in [0.5, 0.6) is 0 Å². The van der Waals surface area contributed by atoms with Crippen LogP contribution in [0.15, 0.2) is 16.6 Å². The van der Waals surface area contributed by atoms with Gasteiger partial charge >= 0.3 is 0 Å². The number of nitrogens with one attached hydrogen (secondary N) is 1. The van der Waals surface area contributed by atoms with Gasteiger partial charge in [-0.2, -0.15) is 5.10 Å². The van der Waals surface area contributed by atoms with E-state index in [0.29, 0.717) is 18.8 Å². The van der Waals surface area contributed by atoms with Crippen molar-refractivity contribution in [2.24, 2.45) is 0 Å². The lowest BCUT2D eigenvalue weighted by molar-refractivity contribution is 0.0771. The minimum atomic E-state index is -0.0817. The van der Waals surface area contributed by atoms with Crippen molar-refractivity contribution in [2.45, 2.75) is 20.8 Å². The molecule has 4 nitrogen and oxygen atoms in total. The summed E-state index contributed by atoms with van der Waals surface area (Å²) in [5.41, 5.74) is 2.24. The first kappa shape index (κ1) is 13.0. The largest absolute Gasteiger partial charge is 0.334 e. The molecule has 1 N–H and O–H groups in total. The van der Waals surface area contributed by atoms with Gasteiger partial charge in [0.25, 0.3) is 5.91 Å². The zero-order valence-electron chi connectivity index (χ0n) is 9.80. The van der Waals surface area contributed by atoms with Crippen LogP contribution < -0.4 is 0 Å². The number of carbonyl (C=O) groups excluding carboxylic acids is 1. The van der Waals surface area contributed by atoms with Gasteiger partial charge in [-0.3, -0.25) is 9.89 Å². The third-order valence-electron chi connectivity index (χ3n) is 2.20. The van der Waals surface area contributed by atoms with Gasteiger partial charge < -0.3 is 4.90 Å². The van der Waals surface area contributed by atoms with E-state index in [0.717, 1.165) is 15.7 Å². The highest BCUT2D eigenvalue weighted by atomic mass is 79.9. The molecule has 0 aliphatic carbocycles. The van der Waals surface area contributed by atoms with Gasteiger partial charge in [-0.05, 0) is 36.7 Å². The van der Waals surface area contributed by atoms with E-state index in [2.05, 4.69) is 32.7 Å². The van der Waals surface area contributed by atoms with Crippen molar-refractivity contribution in [1.82, 2.24) is 15.1 Å². The first-order chi connectivity index (χ1) is 7.47. The lowest BCUT2D eigenvalue weighted by Crippen LogP contribution is -2.32. The first-order valence-electron chi connectivity index (χ1n) is 5.11. The SMILES string of the molecule is C=C(C)CN(CC)C(=O)c1n[nH]c(C)c1Br. The van der Waals surface area contributed by atoms with E-state index < -0.39 is 0 Å². The molecule has 0 spiro atoms. The van der Waals surface area contributed by atoms with Crippen molar-refractivity contribution in [1.29, 1.82) is 0 Å². The van der Waals surface area contributed by atoms with Gasteiger partial charge in [0.1, 0.15) is 0 Å². The van der Waals surface area contributed by atoms with E-state index in [-0.39, 0.29) is 5.91 Å². The van der Waals surface area contributed by atoms with E-state index in [9.17, 15) is 4.79 Å². The molecular weight excluding hydrogens is 270 g/mol. The van der Waals surface area contributed by atoms with Crippen LogP contribution >= 0.6 is 15.9 Å². The molecule has 88 valence electrons. The number of likely N-dealkylation sites (N-methyl/N-ethyl adjacent to an activating group) is 1. The third kappa shape index (κ3) is 2.72. The summed E-state index contributed by atoms with van der Waals surface area (Å²) >= 11 is 3.35. The summed E-state index contributed by atoms with van der Waals surface area (Å²) < 4.78 is 0.734. The Balaban J connectivity index is 2.91. The summed E-state index contributed by atoms with van der Waals surface area (Å²) in [5, 5.41) is 6.78. The average Bonchev–Trinajstić information content (AvgIpc) is 2.55. The molecule has 1 aromatic heterocycles. The molecule has 0 radical (unpaired) electrons. The summed E-state index contributed by atoms with van der Waals surface area (Å²) in [7, 11) is 0. The van der Waals surface area contributed by atoms with Gasteiger partial charge in [0.15, 0.2) is 5.69 Å². The Morgan fingerprint density at radius 3 is 2.62 bits per heavy atom. The van der Waals surface area contributed by atoms with E-state index >= 15 is 0 Å². The maximum Gasteiger partial charge on any atom is 0.275 e. The van der Waals surface area contributed by atoms with Crippen molar-refractivity contribution in [2.75, 3.05) is 13.1 Å². The lowest BCUT2D eigenvalue weighted by Gasteiger charge is -2.19. The summed E-state index contributed by atoms with van der Waals surface area (Å²) in [4.78, 5) is 13.8. The molecule has 0 aliphatic rings. The van der Waals surface area contributed by atoms with Crippen molar-refractivity contribution >= 4 is 21.8 Å². The number of aromatic amines is 1. The number of amides is 1. The zero-order chi connectivity index (χ0) is 12.3. The van der Waals surface area contributed by atoms with Gasteiger partial charge in [0.05, 0.1) is 4.47 Å². The number of aromatic nitrogens is 2. The summed E-state index contributed by atoms with van der Waals surface area (Å²) in [6.45, 7) is 10.7. The molecule has 0 atom stereocenters. The molecule has 16 heavy (non-hydrogen) atoms. The van der Waals surface area contributed by atoms with Gasteiger partial charge in [-0.25, -0.2) is 0 Å². The molecule has 0 aliphatic heterocycles. The number of nitrogens with zero attached hydrogens (tertiary/aromatic N) is 2. The van der Waals surface area contributed by atoms with Gasteiger partial charge in [-0.15, -0.1) is 0 Å². The Morgan fingerprint density at radius 1 is 1.62 bits per heavy atom. The number of rotatable bonds is 4. The highest BCUT2D eigenvalue weighted by molar-refractivity contribution is 9.10. The van der Waals surface area contributed by atoms with Crippen molar-refractivity contribution in [3.63, 3.8) is 0 Å². The minimum absolute atomic E-state index is 0.0817. The summed E-state index contributed by atoms with van der Waals surface area (Å²) in [6.07, 6.45) is 0. The normalized spacial score (nSPS) is 10.2. The van der Waals surface area contributed by atoms with Crippen LogP contribution in [-0.2, 0) is 0 Å². The Labute approximate surface area is 104 Å². The van der Waals surface area contributed by atoms with E-state index in [4.69, 9.17) is 0 Å². The summed E-state index contributed by atoms with van der Waals surface area (Å²) in [5.74, 6) is -0.0817. The quantitative estimate of drug-likeness (QED) is 0.865. The maximum absolute atomic E-state index is 12.1. The Kier molecular flexibility index (Phi) is 4.29. The zero-order valence-corrected chi connectivity index (χ0v) is 11.4. The monoisotopic (exact) mass is 285 g/mol. The number of aryl methyl sites for hydroxylation is 1. The van der Waals surface area contributed by atoms with Crippen LogP contribution in [0.3, 0.4) is 0 Å². The molecule has 0 unspecified atom stereocenters. The highest BCUT2D eigenvalue weighted by Gasteiger charge is 2.20. The molecule has 5 heteroatoms. The lowest BCUT2D eigenvalue weighted by atomic mass is 10.2. The smallest absolute Gasteiger partial charge is 0.275 e. The van der Waals surface area contributed by atoms with Crippen molar-refractivity contribution < 1.29 is 4.79 Å². The maximum atomic E-state index is 12.1. The molecule has 0 bridgehead atoms. The highest BCUT2D eigenvalue weighted by Crippen LogP contribution is 2.19. The van der Waals surface area contributed by atoms with Crippen LogP contribution in [-0.4, -0.2) is 34.1 Å². The van der Waals surface area contributed by atoms with Crippen LogP contribution in [0, 0.1) is 6.92 Å². The Hall–Kier alpha value is -1.10. The van der Waals surface area contributed by atoms with Gasteiger partial charge in [0, 0.05) is 18.8 Å². The molecule has 0 saturated carbocycles. The minimum Gasteiger partial charge on any atom is -0.334 e. The topological polar surface area (TPSA) is 49.0 Å². The summed E-state index contributed by atoms with van der Waals surface area (Å²) in [6, 6.07) is 0. The second-order valence-electron chi connectivity index (χ2n) is 3.79. The van der Waals surface area contributed by atoms with Gasteiger partial charge in [0.2, 0.25) is 0 Å². The number of carbonyl (C=O) groups is 1. The molecule has 0 fully saturated rings. The van der Waals surface area contributed by atoms with Crippen LogP contribution in [0.4, 0.5) is 0 Å². The second-order valence-corrected chi connectivity index (χ2v) is 4.58. The fraction of sp³-hybridized carbons (Fsp3) is 0.455. The van der Waals surface area contributed by atoms with Crippen LogP contribution in [0.25, 0.3) is 0 Å². The molecule has 1 heterocycles. The predicted octanol–water partition coefficient (Wildman–Crippen LogP) is 2.52. The second kappa shape index (κ2) is 5.30. The predicted molar refractivity (Wildman–Crippen MR) is 67.4 cm³/mol. The molecule has 1 rings (SSSR count). The fourth-order valence-corrected chi connectivity index (χ4v) is 1.71. The Morgan fingerprint density at radius 2 is 2.25 bits per heavy atom. The van der Waals surface area contributed by atoms with Crippen molar-refractivity contribution in [3.8, 4) is 0 Å². The van der Waals surface area contributed by atoms with Gasteiger partial charge in [-0.1, -0.05) is 12.2 Å². The fourth-order valence-electron chi connectivity index (χ4n) is 1.36. The molecular formula is C11H16BrN3O. The number of H-pyrrole nitrogens is 1. The average molecular weight is 286 g/mol. The van der Waals surface area contributed by atoms with E-state index in [1.807, 2.05) is 20.8 Å². The third-order valence-corrected chi connectivity index (χ3v) is 3.18. The van der Waals surface area contributed by atoms with Crippen LogP contribution in [0.2, 0.25) is 0 Å². The number of halogens is 1. The number of hydrogen-bond acceptors (Lipinski definition) is 2. The Bertz CT molecular complexity index is 411.